The van der Waals surface area contributed by atoms with E-state index in [9.17, 15) is 4.21 Å². The van der Waals surface area contributed by atoms with Crippen LogP contribution in [0.15, 0.2) is 40.6 Å². The Balaban J connectivity index is 2.66. The minimum atomic E-state index is -0.885. The number of hydrogen-bond donors (Lipinski definition) is 0. The summed E-state index contributed by atoms with van der Waals surface area (Å²) in [6.07, 6.45) is 3.88. The molecule has 0 saturated carbocycles. The summed E-state index contributed by atoms with van der Waals surface area (Å²) in [6, 6.07) is 9.93. The first-order valence-electron chi connectivity index (χ1n) is 4.40. The van der Waals surface area contributed by atoms with Gasteiger partial charge in [0.1, 0.15) is 0 Å². The highest BCUT2D eigenvalue weighted by molar-refractivity contribution is 8.15. The minimum absolute atomic E-state index is 0.612. The number of allylic oxidation sites excluding steroid dienone is 1. The molecule has 1 unspecified atom stereocenters. The van der Waals surface area contributed by atoms with Crippen LogP contribution >= 0.6 is 11.8 Å². The average Bonchev–Trinajstić information content (AvgIpc) is 2.21. The van der Waals surface area contributed by atoms with Gasteiger partial charge in [0.25, 0.3) is 0 Å². The molecule has 1 rings (SSSR count). The first kappa shape index (κ1) is 11.5. The monoisotopic (exact) mass is 226 g/mol. The van der Waals surface area contributed by atoms with Crippen molar-refractivity contribution in [1.82, 2.24) is 0 Å². The van der Waals surface area contributed by atoms with E-state index >= 15 is 0 Å². The van der Waals surface area contributed by atoms with Crippen LogP contribution in [0.3, 0.4) is 0 Å². The lowest BCUT2D eigenvalue weighted by Gasteiger charge is -2.03. The highest BCUT2D eigenvalue weighted by Crippen LogP contribution is 2.19. The summed E-state index contributed by atoms with van der Waals surface area (Å²) in [6.45, 7) is 1.93. The van der Waals surface area contributed by atoms with E-state index in [0.29, 0.717) is 5.75 Å². The molecule has 0 N–H and O–H groups in total. The maximum absolute atomic E-state index is 11.8. The minimum Gasteiger partial charge on any atom is -0.253 e. The van der Waals surface area contributed by atoms with Gasteiger partial charge in [-0.25, -0.2) is 0 Å². The molecule has 76 valence electrons. The maximum Gasteiger partial charge on any atom is 0.0674 e. The third kappa shape index (κ3) is 3.31. The summed E-state index contributed by atoms with van der Waals surface area (Å²) in [5, 5.41) is 0. The van der Waals surface area contributed by atoms with Crippen molar-refractivity contribution >= 4 is 22.6 Å². The Morgan fingerprint density at radius 2 is 2.07 bits per heavy atom. The molecule has 0 heterocycles. The third-order valence-electron chi connectivity index (χ3n) is 1.80. The quantitative estimate of drug-likeness (QED) is 0.784. The summed E-state index contributed by atoms with van der Waals surface area (Å²) in [4.78, 5) is 0. The van der Waals surface area contributed by atoms with Crippen LogP contribution in [-0.2, 0) is 16.6 Å². The Bertz CT molecular complexity index is 330. The van der Waals surface area contributed by atoms with Crippen molar-refractivity contribution in [3.05, 3.63) is 46.2 Å². The zero-order valence-electron chi connectivity index (χ0n) is 8.40. The van der Waals surface area contributed by atoms with Crippen molar-refractivity contribution in [2.45, 2.75) is 12.7 Å². The van der Waals surface area contributed by atoms with E-state index in [-0.39, 0.29) is 0 Å². The van der Waals surface area contributed by atoms with Crippen LogP contribution in [0.25, 0.3) is 0 Å². The van der Waals surface area contributed by atoms with Gasteiger partial charge in [-0.15, -0.1) is 11.8 Å². The fourth-order valence-electron chi connectivity index (χ4n) is 1.14. The second kappa shape index (κ2) is 6.04. The molecule has 0 fully saturated rings. The first-order valence-corrected chi connectivity index (χ1v) is 6.95. The summed E-state index contributed by atoms with van der Waals surface area (Å²) in [7, 11) is -0.885. The van der Waals surface area contributed by atoms with Crippen LogP contribution in [0.4, 0.5) is 0 Å². The van der Waals surface area contributed by atoms with Gasteiger partial charge in [-0.3, -0.25) is 4.21 Å². The van der Waals surface area contributed by atoms with Crippen molar-refractivity contribution in [3.8, 4) is 0 Å². The molecular weight excluding hydrogens is 212 g/mol. The smallest absolute Gasteiger partial charge is 0.0674 e. The highest BCUT2D eigenvalue weighted by atomic mass is 32.2. The van der Waals surface area contributed by atoms with E-state index in [1.165, 1.54) is 0 Å². The van der Waals surface area contributed by atoms with Gasteiger partial charge < -0.3 is 0 Å². The first-order chi connectivity index (χ1) is 6.77. The Hall–Kier alpha value is -0.540. The van der Waals surface area contributed by atoms with Gasteiger partial charge in [0.2, 0.25) is 0 Å². The van der Waals surface area contributed by atoms with Gasteiger partial charge in [-0.2, -0.15) is 0 Å². The number of rotatable bonds is 4. The van der Waals surface area contributed by atoms with E-state index < -0.39 is 10.8 Å². The highest BCUT2D eigenvalue weighted by Gasteiger charge is 2.05. The predicted octanol–water partition coefficient (Wildman–Crippen LogP) is 3.16. The molecule has 1 atom stereocenters. The van der Waals surface area contributed by atoms with E-state index in [1.54, 1.807) is 11.8 Å². The van der Waals surface area contributed by atoms with E-state index in [0.717, 1.165) is 9.80 Å². The standard InChI is InChI=1S/C11H14OS2/c1-3-11(13-2)14(12)9-10-7-5-4-6-8-10/h3-8H,9H2,1-2H3/b11-3-. The van der Waals surface area contributed by atoms with Crippen LogP contribution in [0.2, 0.25) is 0 Å². The molecule has 0 bridgehead atoms. The van der Waals surface area contributed by atoms with Gasteiger partial charge in [-0.1, -0.05) is 36.4 Å². The molecule has 0 aliphatic carbocycles. The molecule has 3 heteroatoms. The van der Waals surface area contributed by atoms with Crippen molar-refractivity contribution in [2.75, 3.05) is 6.26 Å². The number of thioether (sulfide) groups is 1. The fraction of sp³-hybridized carbons (Fsp3) is 0.273. The molecular formula is C11H14OS2. The summed E-state index contributed by atoms with van der Waals surface area (Å²) in [5.41, 5.74) is 1.12. The Morgan fingerprint density at radius 3 is 2.57 bits per heavy atom. The lowest BCUT2D eigenvalue weighted by atomic mass is 10.2. The number of benzene rings is 1. The molecule has 0 saturated heterocycles. The van der Waals surface area contributed by atoms with E-state index in [2.05, 4.69) is 0 Å². The normalized spacial score (nSPS) is 14.0. The second-order valence-electron chi connectivity index (χ2n) is 2.79. The largest absolute Gasteiger partial charge is 0.253 e. The Labute approximate surface area is 92.1 Å². The zero-order valence-corrected chi connectivity index (χ0v) is 10.0. The molecule has 1 aromatic rings. The predicted molar refractivity (Wildman–Crippen MR) is 65.6 cm³/mol. The molecule has 14 heavy (non-hydrogen) atoms. The van der Waals surface area contributed by atoms with Crippen LogP contribution in [-0.4, -0.2) is 10.5 Å². The van der Waals surface area contributed by atoms with Crippen molar-refractivity contribution in [1.29, 1.82) is 0 Å². The maximum atomic E-state index is 11.8. The molecule has 0 amide bonds. The lowest BCUT2D eigenvalue weighted by molar-refractivity contribution is 0.687. The third-order valence-corrected chi connectivity index (χ3v) is 4.78. The Kier molecular flexibility index (Phi) is 4.98. The topological polar surface area (TPSA) is 17.1 Å². The summed E-state index contributed by atoms with van der Waals surface area (Å²) in [5.74, 6) is 0.612. The van der Waals surface area contributed by atoms with Crippen molar-refractivity contribution < 1.29 is 4.21 Å². The van der Waals surface area contributed by atoms with Gasteiger partial charge in [0.05, 0.1) is 20.8 Å². The van der Waals surface area contributed by atoms with Crippen LogP contribution in [0, 0.1) is 0 Å². The SMILES string of the molecule is C/C=C(/SC)S(=O)Cc1ccccc1. The summed E-state index contributed by atoms with van der Waals surface area (Å²) < 4.78 is 12.7. The molecule has 0 aliphatic heterocycles. The molecule has 1 aromatic carbocycles. The van der Waals surface area contributed by atoms with Gasteiger partial charge >= 0.3 is 0 Å². The van der Waals surface area contributed by atoms with E-state index in [4.69, 9.17) is 0 Å². The van der Waals surface area contributed by atoms with Crippen LogP contribution in [0.1, 0.15) is 12.5 Å². The van der Waals surface area contributed by atoms with Crippen LogP contribution < -0.4 is 0 Å². The zero-order chi connectivity index (χ0) is 10.4. The summed E-state index contributed by atoms with van der Waals surface area (Å²) >= 11 is 1.56. The van der Waals surface area contributed by atoms with Crippen molar-refractivity contribution in [3.63, 3.8) is 0 Å². The van der Waals surface area contributed by atoms with Gasteiger partial charge in [0.15, 0.2) is 0 Å². The molecule has 0 aromatic heterocycles. The molecule has 0 aliphatic rings. The Morgan fingerprint density at radius 1 is 1.43 bits per heavy atom. The van der Waals surface area contributed by atoms with Crippen LogP contribution in [0.5, 0.6) is 0 Å². The number of hydrogen-bond acceptors (Lipinski definition) is 2. The van der Waals surface area contributed by atoms with Gasteiger partial charge in [0, 0.05) is 0 Å². The molecule has 0 spiro atoms. The molecule has 1 nitrogen and oxygen atoms in total. The second-order valence-corrected chi connectivity index (χ2v) is 5.31. The van der Waals surface area contributed by atoms with E-state index in [1.807, 2.05) is 49.6 Å². The molecule has 0 radical (unpaired) electrons. The fourth-order valence-corrected chi connectivity index (χ4v) is 3.20. The lowest BCUT2D eigenvalue weighted by Crippen LogP contribution is -1.96. The van der Waals surface area contributed by atoms with Crippen molar-refractivity contribution in [2.24, 2.45) is 0 Å². The van der Waals surface area contributed by atoms with Gasteiger partial charge in [-0.05, 0) is 18.7 Å². The average molecular weight is 226 g/mol.